The first-order chi connectivity index (χ1) is 4.72. The van der Waals surface area contributed by atoms with Crippen LogP contribution in [0.5, 0.6) is 0 Å². The third kappa shape index (κ3) is 1.60. The summed E-state index contributed by atoms with van der Waals surface area (Å²) in [6.07, 6.45) is 0. The van der Waals surface area contributed by atoms with Gasteiger partial charge in [-0.1, -0.05) is 0 Å². The van der Waals surface area contributed by atoms with Crippen LogP contribution < -0.4 is 4.46 Å². The van der Waals surface area contributed by atoms with Crippen LogP contribution in [0, 0.1) is 0 Å². The summed E-state index contributed by atoms with van der Waals surface area (Å²) >= 11 is 7.56. The minimum absolute atomic E-state index is 0.406. The molecule has 0 fully saturated rings. The number of carbonyl (C=O) groups is 1. The van der Waals surface area contributed by atoms with Gasteiger partial charge < -0.3 is 0 Å². The predicted molar refractivity (Wildman–Crippen MR) is 43.4 cm³/mol. The number of rotatable bonds is 1. The third-order valence-electron chi connectivity index (χ3n) is 1.12. The molecule has 0 N–H and O–H groups in total. The van der Waals surface area contributed by atoms with Crippen LogP contribution in [-0.2, 0) is 0 Å². The van der Waals surface area contributed by atoms with Crippen LogP contribution in [0.3, 0.4) is 0 Å². The fourth-order valence-electron chi connectivity index (χ4n) is 0.640. The van der Waals surface area contributed by atoms with Crippen LogP contribution in [0.4, 0.5) is 0 Å². The van der Waals surface area contributed by atoms with Crippen molar-refractivity contribution in [3.05, 3.63) is 29.8 Å². The summed E-state index contributed by atoms with van der Waals surface area (Å²) in [4.78, 5) is 10.6. The van der Waals surface area contributed by atoms with E-state index in [1.165, 1.54) is 0 Å². The second-order valence-corrected chi connectivity index (χ2v) is 3.15. The number of halogens is 1. The maximum absolute atomic E-state index is 10.6. The Morgan fingerprint density at radius 2 is 2.00 bits per heavy atom. The van der Waals surface area contributed by atoms with Crippen LogP contribution >= 0.6 is 11.6 Å². The summed E-state index contributed by atoms with van der Waals surface area (Å²) in [6.45, 7) is 0. The molecule has 52 valence electrons. The van der Waals surface area contributed by atoms with Gasteiger partial charge in [-0.15, -0.1) is 0 Å². The SMILES string of the molecule is O=C(Cl)c1ccccc1[SeH]. The second-order valence-electron chi connectivity index (χ2n) is 1.79. The molecule has 0 spiro atoms. The zero-order valence-corrected chi connectivity index (χ0v) is 7.68. The van der Waals surface area contributed by atoms with E-state index in [9.17, 15) is 4.79 Å². The molecular formula is C7H5ClOSe. The quantitative estimate of drug-likeness (QED) is 0.499. The van der Waals surface area contributed by atoms with Gasteiger partial charge >= 0.3 is 71.9 Å². The van der Waals surface area contributed by atoms with Crippen molar-refractivity contribution in [3.8, 4) is 0 Å². The molecule has 0 atom stereocenters. The number of hydrogen-bond acceptors (Lipinski definition) is 1. The van der Waals surface area contributed by atoms with Crippen molar-refractivity contribution < 1.29 is 4.79 Å². The first-order valence-electron chi connectivity index (χ1n) is 2.69. The van der Waals surface area contributed by atoms with Crippen molar-refractivity contribution in [2.75, 3.05) is 0 Å². The molecule has 3 heteroatoms. The molecule has 0 radical (unpaired) electrons. The minimum atomic E-state index is -0.406. The van der Waals surface area contributed by atoms with E-state index in [0.717, 1.165) is 4.46 Å². The molecule has 1 rings (SSSR count). The summed E-state index contributed by atoms with van der Waals surface area (Å²) in [5.74, 6) is 0. The molecular weight excluding hydrogens is 214 g/mol. The Bertz CT molecular complexity index is 260. The molecule has 0 unspecified atom stereocenters. The van der Waals surface area contributed by atoms with Crippen LogP contribution in [0.25, 0.3) is 0 Å². The molecule has 0 saturated carbocycles. The molecule has 1 aromatic carbocycles. The summed E-state index contributed by atoms with van der Waals surface area (Å²) in [7, 11) is 0. The number of hydrogen-bond donors (Lipinski definition) is 0. The predicted octanol–water partition coefficient (Wildman–Crippen LogP) is 0.592. The van der Waals surface area contributed by atoms with E-state index in [2.05, 4.69) is 16.0 Å². The van der Waals surface area contributed by atoms with Crippen LogP contribution in [0.2, 0.25) is 0 Å². The van der Waals surface area contributed by atoms with E-state index in [-0.39, 0.29) is 0 Å². The van der Waals surface area contributed by atoms with Crippen molar-refractivity contribution in [1.29, 1.82) is 0 Å². The van der Waals surface area contributed by atoms with E-state index in [4.69, 9.17) is 11.6 Å². The molecule has 0 heterocycles. The molecule has 10 heavy (non-hydrogen) atoms. The van der Waals surface area contributed by atoms with Gasteiger partial charge in [-0.2, -0.15) is 0 Å². The second kappa shape index (κ2) is 3.20. The average molecular weight is 220 g/mol. The molecule has 0 aliphatic carbocycles. The van der Waals surface area contributed by atoms with Crippen LogP contribution in [-0.4, -0.2) is 21.3 Å². The van der Waals surface area contributed by atoms with Gasteiger partial charge in [0.2, 0.25) is 0 Å². The van der Waals surface area contributed by atoms with Crippen LogP contribution in [0.1, 0.15) is 10.4 Å². The van der Waals surface area contributed by atoms with E-state index in [1.807, 2.05) is 12.1 Å². The van der Waals surface area contributed by atoms with Crippen molar-refractivity contribution in [3.63, 3.8) is 0 Å². The first-order valence-corrected chi connectivity index (χ1v) is 4.01. The molecule has 0 aliphatic heterocycles. The zero-order chi connectivity index (χ0) is 7.56. The maximum atomic E-state index is 10.6. The van der Waals surface area contributed by atoms with Crippen molar-refractivity contribution in [2.45, 2.75) is 0 Å². The zero-order valence-electron chi connectivity index (χ0n) is 5.04. The van der Waals surface area contributed by atoms with Gasteiger partial charge in [0.05, 0.1) is 0 Å². The Morgan fingerprint density at radius 1 is 1.40 bits per heavy atom. The standard InChI is InChI=1S/C7H5ClOSe/c8-7(9)5-3-1-2-4-6(5)10/h1-4,10H. The Kier molecular flexibility index (Phi) is 2.50. The Balaban J connectivity index is 3.15. The molecule has 1 aromatic rings. The van der Waals surface area contributed by atoms with Gasteiger partial charge in [0.25, 0.3) is 0 Å². The Morgan fingerprint density at radius 3 is 2.40 bits per heavy atom. The topological polar surface area (TPSA) is 17.1 Å². The molecule has 0 bridgehead atoms. The Labute approximate surface area is 72.2 Å². The fourth-order valence-corrected chi connectivity index (χ4v) is 1.50. The normalized spacial score (nSPS) is 9.40. The van der Waals surface area contributed by atoms with Crippen molar-refractivity contribution in [2.24, 2.45) is 0 Å². The van der Waals surface area contributed by atoms with Crippen molar-refractivity contribution >= 4 is 37.3 Å². The summed E-state index contributed by atoms with van der Waals surface area (Å²) in [5.41, 5.74) is 0.559. The fraction of sp³-hybridized carbons (Fsp3) is 0. The summed E-state index contributed by atoms with van der Waals surface area (Å²) in [5, 5.41) is -0.406. The molecule has 0 amide bonds. The van der Waals surface area contributed by atoms with E-state index in [1.54, 1.807) is 12.1 Å². The molecule has 0 aromatic heterocycles. The monoisotopic (exact) mass is 220 g/mol. The Hall–Kier alpha value is -0.301. The van der Waals surface area contributed by atoms with E-state index in [0.29, 0.717) is 5.56 Å². The number of benzene rings is 1. The third-order valence-corrected chi connectivity index (χ3v) is 2.14. The molecule has 0 aliphatic rings. The number of carbonyl (C=O) groups excluding carboxylic acids is 1. The summed E-state index contributed by atoms with van der Waals surface area (Å²) in [6, 6.07) is 7.17. The molecule has 0 saturated heterocycles. The average Bonchev–Trinajstić information content (AvgIpc) is 1.88. The van der Waals surface area contributed by atoms with Gasteiger partial charge in [-0.3, -0.25) is 0 Å². The van der Waals surface area contributed by atoms with Gasteiger partial charge in [-0.25, -0.2) is 0 Å². The first kappa shape index (κ1) is 7.80. The molecule has 1 nitrogen and oxygen atoms in total. The van der Waals surface area contributed by atoms with Crippen LogP contribution in [0.15, 0.2) is 24.3 Å². The summed E-state index contributed by atoms with van der Waals surface area (Å²) < 4.78 is 0.856. The van der Waals surface area contributed by atoms with Gasteiger partial charge in [0.15, 0.2) is 0 Å². The van der Waals surface area contributed by atoms with Crippen molar-refractivity contribution in [1.82, 2.24) is 0 Å². The van der Waals surface area contributed by atoms with Gasteiger partial charge in [0.1, 0.15) is 0 Å². The van der Waals surface area contributed by atoms with Gasteiger partial charge in [0, 0.05) is 0 Å². The van der Waals surface area contributed by atoms with Gasteiger partial charge in [-0.05, 0) is 0 Å². The van der Waals surface area contributed by atoms with E-state index < -0.39 is 5.24 Å². The van der Waals surface area contributed by atoms with E-state index >= 15 is 0 Å².